The zero-order valence-corrected chi connectivity index (χ0v) is 12.8. The van der Waals surface area contributed by atoms with E-state index in [0.29, 0.717) is 0 Å². The molecule has 0 amide bonds. The van der Waals surface area contributed by atoms with Crippen molar-refractivity contribution in [2.75, 3.05) is 0 Å². The summed E-state index contributed by atoms with van der Waals surface area (Å²) in [7, 11) is 0. The maximum atomic E-state index is 6.24. The van der Waals surface area contributed by atoms with Crippen LogP contribution in [0.3, 0.4) is 0 Å². The number of hydrogen-bond acceptors (Lipinski definition) is 3. The molecular weight excluding hydrogens is 302 g/mol. The third-order valence-electron chi connectivity index (χ3n) is 3.12. The third kappa shape index (κ3) is 3.45. The Morgan fingerprint density at radius 1 is 0.857 bits per heavy atom. The molecule has 0 radical (unpaired) electrons. The third-order valence-corrected chi connectivity index (χ3v) is 4.43. The molecule has 21 heavy (non-hydrogen) atoms. The summed E-state index contributed by atoms with van der Waals surface area (Å²) in [6, 6.07) is 21.2. The fourth-order valence-electron chi connectivity index (χ4n) is 2.03. The van der Waals surface area contributed by atoms with E-state index in [-0.39, 0.29) is 6.04 Å². The highest BCUT2D eigenvalue weighted by Gasteiger charge is 2.11. The fraction of sp³-hybridized carbons (Fsp3) is 0.0588. The number of para-hydroxylation sites is 1. The smallest absolute Gasteiger partial charge is 0.127 e. The van der Waals surface area contributed by atoms with Crippen molar-refractivity contribution in [2.45, 2.75) is 6.04 Å². The Balaban J connectivity index is 1.75. The summed E-state index contributed by atoms with van der Waals surface area (Å²) in [5, 5.41) is 0. The standard InChI is InChI=1S/C17H14ClNOS/c18-16-11-10-15(21-16)17(19)12-6-8-14(9-7-12)20-13-4-2-1-3-5-13/h1-11,17H,19H2. The predicted octanol–water partition coefficient (Wildman–Crippen LogP) is 5.24. The van der Waals surface area contributed by atoms with E-state index in [2.05, 4.69) is 0 Å². The predicted molar refractivity (Wildman–Crippen MR) is 88.3 cm³/mol. The molecule has 0 saturated heterocycles. The molecule has 0 saturated carbocycles. The molecule has 106 valence electrons. The van der Waals surface area contributed by atoms with Gasteiger partial charge < -0.3 is 10.5 Å². The van der Waals surface area contributed by atoms with Gasteiger partial charge in [-0.15, -0.1) is 11.3 Å². The first-order chi connectivity index (χ1) is 10.2. The summed E-state index contributed by atoms with van der Waals surface area (Å²) in [6.45, 7) is 0. The second-order valence-corrected chi connectivity index (χ2v) is 6.35. The minimum atomic E-state index is -0.159. The molecule has 4 heteroatoms. The van der Waals surface area contributed by atoms with Crippen molar-refractivity contribution in [3.63, 3.8) is 0 Å². The van der Waals surface area contributed by atoms with Gasteiger partial charge in [0.1, 0.15) is 11.5 Å². The quantitative estimate of drug-likeness (QED) is 0.714. The van der Waals surface area contributed by atoms with Crippen molar-refractivity contribution < 1.29 is 4.74 Å². The van der Waals surface area contributed by atoms with Crippen LogP contribution < -0.4 is 10.5 Å². The topological polar surface area (TPSA) is 35.2 Å². The number of rotatable bonds is 4. The molecule has 3 rings (SSSR count). The van der Waals surface area contributed by atoms with Crippen LogP contribution in [0.5, 0.6) is 11.5 Å². The molecule has 0 spiro atoms. The molecule has 1 unspecified atom stereocenters. The Kier molecular flexibility index (Phi) is 4.25. The first-order valence-electron chi connectivity index (χ1n) is 6.56. The Labute approximate surface area is 132 Å². The minimum absolute atomic E-state index is 0.159. The molecule has 1 atom stereocenters. The van der Waals surface area contributed by atoms with Gasteiger partial charge in [0, 0.05) is 4.88 Å². The lowest BCUT2D eigenvalue weighted by atomic mass is 10.1. The Bertz CT molecular complexity index is 709. The van der Waals surface area contributed by atoms with E-state index < -0.39 is 0 Å². The van der Waals surface area contributed by atoms with Gasteiger partial charge in [-0.3, -0.25) is 0 Å². The normalized spacial score (nSPS) is 12.1. The van der Waals surface area contributed by atoms with E-state index in [1.54, 1.807) is 0 Å². The molecule has 2 N–H and O–H groups in total. The SMILES string of the molecule is NC(c1ccc(Oc2ccccc2)cc1)c1ccc(Cl)s1. The van der Waals surface area contributed by atoms with Gasteiger partial charge in [0.25, 0.3) is 0 Å². The highest BCUT2D eigenvalue weighted by molar-refractivity contribution is 7.16. The summed E-state index contributed by atoms with van der Waals surface area (Å²) >= 11 is 7.46. The number of halogens is 1. The van der Waals surface area contributed by atoms with E-state index in [4.69, 9.17) is 22.1 Å². The van der Waals surface area contributed by atoms with Crippen LogP contribution in [0.4, 0.5) is 0 Å². The largest absolute Gasteiger partial charge is 0.457 e. The number of benzene rings is 2. The molecular formula is C17H14ClNOS. The van der Waals surface area contributed by atoms with Gasteiger partial charge in [-0.1, -0.05) is 41.9 Å². The summed E-state index contributed by atoms with van der Waals surface area (Å²) in [5.41, 5.74) is 7.28. The second kappa shape index (κ2) is 6.31. The van der Waals surface area contributed by atoms with Crippen molar-refractivity contribution >= 4 is 22.9 Å². The van der Waals surface area contributed by atoms with Crippen molar-refractivity contribution in [1.82, 2.24) is 0 Å². The molecule has 0 aliphatic carbocycles. The minimum Gasteiger partial charge on any atom is -0.457 e. The first kappa shape index (κ1) is 14.1. The van der Waals surface area contributed by atoms with Crippen molar-refractivity contribution in [1.29, 1.82) is 0 Å². The molecule has 2 aromatic carbocycles. The molecule has 0 fully saturated rings. The summed E-state index contributed by atoms with van der Waals surface area (Å²) in [5.74, 6) is 1.61. The summed E-state index contributed by atoms with van der Waals surface area (Å²) in [4.78, 5) is 1.05. The van der Waals surface area contributed by atoms with Crippen molar-refractivity contribution in [3.05, 3.63) is 81.5 Å². The van der Waals surface area contributed by atoms with Crippen LogP contribution in [0, 0.1) is 0 Å². The van der Waals surface area contributed by atoms with Gasteiger partial charge in [0.05, 0.1) is 10.4 Å². The number of nitrogens with two attached hydrogens (primary N) is 1. The van der Waals surface area contributed by atoms with Gasteiger partial charge in [-0.25, -0.2) is 0 Å². The average molecular weight is 316 g/mol. The van der Waals surface area contributed by atoms with Gasteiger partial charge in [0.2, 0.25) is 0 Å². The molecule has 1 aromatic heterocycles. The molecule has 2 nitrogen and oxygen atoms in total. The van der Waals surface area contributed by atoms with Crippen LogP contribution in [0.15, 0.2) is 66.7 Å². The highest BCUT2D eigenvalue weighted by Crippen LogP contribution is 2.30. The van der Waals surface area contributed by atoms with E-state index in [9.17, 15) is 0 Å². The van der Waals surface area contributed by atoms with Gasteiger partial charge in [0.15, 0.2) is 0 Å². The zero-order chi connectivity index (χ0) is 14.7. The van der Waals surface area contributed by atoms with Gasteiger partial charge in [-0.05, 0) is 42.0 Å². The lowest BCUT2D eigenvalue weighted by Gasteiger charge is -2.11. The monoisotopic (exact) mass is 315 g/mol. The second-order valence-electron chi connectivity index (χ2n) is 4.60. The number of hydrogen-bond donors (Lipinski definition) is 1. The lowest BCUT2D eigenvalue weighted by Crippen LogP contribution is -2.09. The number of ether oxygens (including phenoxy) is 1. The van der Waals surface area contributed by atoms with Crippen LogP contribution in [-0.4, -0.2) is 0 Å². The summed E-state index contributed by atoms with van der Waals surface area (Å²) < 4.78 is 6.52. The van der Waals surface area contributed by atoms with E-state index in [1.165, 1.54) is 11.3 Å². The zero-order valence-electron chi connectivity index (χ0n) is 11.2. The van der Waals surface area contributed by atoms with Gasteiger partial charge in [-0.2, -0.15) is 0 Å². The molecule has 0 bridgehead atoms. The molecule has 3 aromatic rings. The molecule has 1 heterocycles. The van der Waals surface area contributed by atoms with Crippen molar-refractivity contribution in [2.24, 2.45) is 5.73 Å². The maximum Gasteiger partial charge on any atom is 0.127 e. The number of thiophene rings is 1. The van der Waals surface area contributed by atoms with Crippen LogP contribution >= 0.6 is 22.9 Å². The average Bonchev–Trinajstić information content (AvgIpc) is 2.95. The molecule has 0 aliphatic rings. The Hall–Kier alpha value is -1.81. The molecule has 0 aliphatic heterocycles. The highest BCUT2D eigenvalue weighted by atomic mass is 35.5. The van der Waals surface area contributed by atoms with Crippen LogP contribution in [-0.2, 0) is 0 Å². The Morgan fingerprint density at radius 2 is 1.52 bits per heavy atom. The lowest BCUT2D eigenvalue weighted by molar-refractivity contribution is 0.482. The van der Waals surface area contributed by atoms with Gasteiger partial charge >= 0.3 is 0 Å². The van der Waals surface area contributed by atoms with Crippen LogP contribution in [0.1, 0.15) is 16.5 Å². The van der Waals surface area contributed by atoms with Crippen molar-refractivity contribution in [3.8, 4) is 11.5 Å². The van der Waals surface area contributed by atoms with E-state index in [1.807, 2.05) is 66.7 Å². The maximum absolute atomic E-state index is 6.24. The van der Waals surface area contributed by atoms with Crippen LogP contribution in [0.25, 0.3) is 0 Å². The summed E-state index contributed by atoms with van der Waals surface area (Å²) in [6.07, 6.45) is 0. The fourth-order valence-corrected chi connectivity index (χ4v) is 3.12. The van der Waals surface area contributed by atoms with E-state index in [0.717, 1.165) is 26.3 Å². The first-order valence-corrected chi connectivity index (χ1v) is 7.75. The Morgan fingerprint density at radius 3 is 2.14 bits per heavy atom. The van der Waals surface area contributed by atoms with Crippen LogP contribution in [0.2, 0.25) is 4.34 Å². The van der Waals surface area contributed by atoms with E-state index >= 15 is 0 Å².